The average molecular weight is 388 g/mol. The Morgan fingerprint density at radius 2 is 1.79 bits per heavy atom. The summed E-state index contributed by atoms with van der Waals surface area (Å²) in [6, 6.07) is 15.8. The number of hydrogen-bond donors (Lipinski definition) is 2. The molecule has 29 heavy (non-hydrogen) atoms. The van der Waals surface area contributed by atoms with Crippen LogP contribution in [-0.4, -0.2) is 31.3 Å². The molecule has 7 nitrogen and oxygen atoms in total. The fourth-order valence-corrected chi connectivity index (χ4v) is 2.87. The zero-order valence-corrected chi connectivity index (χ0v) is 16.2. The molecule has 2 aromatic rings. The number of rotatable bonds is 5. The number of aliphatic imine (C=N–C) groups is 1. The van der Waals surface area contributed by atoms with E-state index in [0.29, 0.717) is 34.8 Å². The van der Waals surface area contributed by atoms with E-state index in [0.717, 1.165) is 6.42 Å². The molecule has 0 unspecified atom stereocenters. The standard InChI is InChI=1S/C22H20N4O3/c1-3-12-24-22(28)18(13-23)19-16-6-4-5-7-17(16)20(25-19)26-21(27)14-8-10-15(29-2)11-9-14/h4-11H,3,12H2,1-2H3,(H,24,28)(H,25,26,27). The van der Waals surface area contributed by atoms with Gasteiger partial charge in [-0.2, -0.15) is 5.26 Å². The lowest BCUT2D eigenvalue weighted by Crippen LogP contribution is -2.30. The van der Waals surface area contributed by atoms with E-state index in [9.17, 15) is 14.9 Å². The molecular weight excluding hydrogens is 368 g/mol. The van der Waals surface area contributed by atoms with E-state index in [1.165, 1.54) is 0 Å². The number of amidine groups is 1. The van der Waals surface area contributed by atoms with Crippen molar-refractivity contribution in [3.63, 3.8) is 0 Å². The van der Waals surface area contributed by atoms with Gasteiger partial charge in [-0.05, 0) is 30.7 Å². The second kappa shape index (κ2) is 8.85. The molecule has 0 atom stereocenters. The Bertz CT molecular complexity index is 1050. The van der Waals surface area contributed by atoms with Crippen LogP contribution in [0.5, 0.6) is 5.75 Å². The quantitative estimate of drug-likeness (QED) is 0.607. The number of fused-ring (bicyclic) bond motifs is 1. The Morgan fingerprint density at radius 3 is 2.41 bits per heavy atom. The van der Waals surface area contributed by atoms with Crippen molar-refractivity contribution < 1.29 is 14.3 Å². The second-order valence-corrected chi connectivity index (χ2v) is 6.28. The summed E-state index contributed by atoms with van der Waals surface area (Å²) >= 11 is 0. The number of nitrogens with one attached hydrogen (secondary N) is 2. The summed E-state index contributed by atoms with van der Waals surface area (Å²) < 4.78 is 5.10. The number of amides is 2. The van der Waals surface area contributed by atoms with E-state index < -0.39 is 5.91 Å². The minimum atomic E-state index is -0.481. The highest BCUT2D eigenvalue weighted by molar-refractivity contribution is 6.20. The van der Waals surface area contributed by atoms with Crippen LogP contribution in [0.15, 0.2) is 59.1 Å². The van der Waals surface area contributed by atoms with Crippen LogP contribution in [-0.2, 0) is 4.79 Å². The summed E-state index contributed by atoms with van der Waals surface area (Å²) in [5, 5.41) is 15.0. The molecule has 0 aliphatic carbocycles. The van der Waals surface area contributed by atoms with Crippen LogP contribution in [0.2, 0.25) is 0 Å². The fraction of sp³-hybridized carbons (Fsp3) is 0.182. The van der Waals surface area contributed by atoms with Crippen LogP contribution < -0.4 is 15.4 Å². The van der Waals surface area contributed by atoms with E-state index >= 15 is 0 Å². The maximum atomic E-state index is 12.6. The van der Waals surface area contributed by atoms with Crippen LogP contribution in [0.1, 0.15) is 34.8 Å². The maximum Gasteiger partial charge on any atom is 0.264 e. The SMILES string of the molecule is CCCNC(=O)C(C#N)=C1N=C(NC(=O)c2ccc(OC)cc2)c2ccccc21. The first-order valence-corrected chi connectivity index (χ1v) is 9.15. The molecule has 146 valence electrons. The Balaban J connectivity index is 1.95. The third kappa shape index (κ3) is 4.17. The van der Waals surface area contributed by atoms with Crippen LogP contribution in [0.25, 0.3) is 5.70 Å². The molecule has 0 fully saturated rings. The summed E-state index contributed by atoms with van der Waals surface area (Å²) in [5.74, 6) is 0.113. The minimum Gasteiger partial charge on any atom is -0.497 e. The zero-order chi connectivity index (χ0) is 20.8. The van der Waals surface area contributed by atoms with Gasteiger partial charge in [-0.3, -0.25) is 9.59 Å². The monoisotopic (exact) mass is 388 g/mol. The summed E-state index contributed by atoms with van der Waals surface area (Å²) in [6.45, 7) is 2.39. The second-order valence-electron chi connectivity index (χ2n) is 6.28. The highest BCUT2D eigenvalue weighted by atomic mass is 16.5. The number of carbonyl (C=O) groups is 2. The Morgan fingerprint density at radius 1 is 1.10 bits per heavy atom. The number of carbonyl (C=O) groups excluding carboxylic acids is 2. The van der Waals surface area contributed by atoms with E-state index in [4.69, 9.17) is 4.74 Å². The molecule has 0 saturated carbocycles. The smallest absolute Gasteiger partial charge is 0.264 e. The Kier molecular flexibility index (Phi) is 6.05. The summed E-state index contributed by atoms with van der Waals surface area (Å²) in [7, 11) is 1.55. The van der Waals surface area contributed by atoms with Crippen molar-refractivity contribution in [3.05, 3.63) is 70.8 Å². The third-order valence-corrected chi connectivity index (χ3v) is 4.36. The van der Waals surface area contributed by atoms with E-state index in [-0.39, 0.29) is 17.2 Å². The molecule has 0 aromatic heterocycles. The predicted octanol–water partition coefficient (Wildman–Crippen LogP) is 2.65. The van der Waals surface area contributed by atoms with Crippen molar-refractivity contribution in [1.29, 1.82) is 5.26 Å². The van der Waals surface area contributed by atoms with Gasteiger partial charge < -0.3 is 15.4 Å². The molecule has 1 heterocycles. The number of nitrogens with zero attached hydrogens (tertiary/aromatic N) is 2. The number of ether oxygens (including phenoxy) is 1. The predicted molar refractivity (Wildman–Crippen MR) is 109 cm³/mol. The average Bonchev–Trinajstić information content (AvgIpc) is 3.11. The normalized spacial score (nSPS) is 13.6. The van der Waals surface area contributed by atoms with Gasteiger partial charge in [0.15, 0.2) is 0 Å². The fourth-order valence-electron chi connectivity index (χ4n) is 2.87. The van der Waals surface area contributed by atoms with Gasteiger partial charge in [-0.25, -0.2) is 4.99 Å². The molecule has 0 saturated heterocycles. The van der Waals surface area contributed by atoms with Crippen LogP contribution in [0.3, 0.4) is 0 Å². The first kappa shape index (κ1) is 19.8. The zero-order valence-electron chi connectivity index (χ0n) is 16.2. The first-order valence-electron chi connectivity index (χ1n) is 9.15. The van der Waals surface area contributed by atoms with Gasteiger partial charge in [0.1, 0.15) is 23.2 Å². The maximum absolute atomic E-state index is 12.6. The van der Waals surface area contributed by atoms with Crippen molar-refractivity contribution in [2.45, 2.75) is 13.3 Å². The molecule has 2 amide bonds. The molecule has 3 rings (SSSR count). The van der Waals surface area contributed by atoms with Gasteiger partial charge in [0.05, 0.1) is 12.8 Å². The number of methoxy groups -OCH3 is 1. The Hall–Kier alpha value is -3.92. The largest absolute Gasteiger partial charge is 0.497 e. The van der Waals surface area contributed by atoms with Crippen LogP contribution in [0.4, 0.5) is 0 Å². The molecule has 1 aliphatic heterocycles. The van der Waals surface area contributed by atoms with Gasteiger partial charge in [-0.15, -0.1) is 0 Å². The lowest BCUT2D eigenvalue weighted by molar-refractivity contribution is -0.117. The van der Waals surface area contributed by atoms with Gasteiger partial charge >= 0.3 is 0 Å². The highest BCUT2D eigenvalue weighted by Crippen LogP contribution is 2.30. The van der Waals surface area contributed by atoms with E-state index in [2.05, 4.69) is 15.6 Å². The molecule has 7 heteroatoms. The number of nitriles is 1. The molecular formula is C22H20N4O3. The third-order valence-electron chi connectivity index (χ3n) is 4.36. The van der Waals surface area contributed by atoms with Crippen molar-refractivity contribution in [3.8, 4) is 11.8 Å². The van der Waals surface area contributed by atoms with E-state index in [1.807, 2.05) is 13.0 Å². The lowest BCUT2D eigenvalue weighted by Gasteiger charge is -2.07. The van der Waals surface area contributed by atoms with Crippen molar-refractivity contribution in [2.24, 2.45) is 4.99 Å². The van der Waals surface area contributed by atoms with Gasteiger partial charge in [0.2, 0.25) is 0 Å². The van der Waals surface area contributed by atoms with Crippen molar-refractivity contribution >= 4 is 23.3 Å². The highest BCUT2D eigenvalue weighted by Gasteiger charge is 2.27. The Labute approximate surface area is 168 Å². The number of benzene rings is 2. The molecule has 1 aliphatic rings. The van der Waals surface area contributed by atoms with Crippen LogP contribution in [0, 0.1) is 11.3 Å². The lowest BCUT2D eigenvalue weighted by atomic mass is 10.0. The number of hydrogen-bond acceptors (Lipinski definition) is 5. The van der Waals surface area contributed by atoms with Crippen molar-refractivity contribution in [2.75, 3.05) is 13.7 Å². The van der Waals surface area contributed by atoms with Gasteiger partial charge in [-0.1, -0.05) is 31.2 Å². The molecule has 0 bridgehead atoms. The van der Waals surface area contributed by atoms with Gasteiger partial charge in [0.25, 0.3) is 11.8 Å². The summed E-state index contributed by atoms with van der Waals surface area (Å²) in [6.07, 6.45) is 0.753. The summed E-state index contributed by atoms with van der Waals surface area (Å²) in [4.78, 5) is 29.4. The molecule has 2 N–H and O–H groups in total. The van der Waals surface area contributed by atoms with E-state index in [1.54, 1.807) is 55.6 Å². The molecule has 0 radical (unpaired) electrons. The minimum absolute atomic E-state index is 0.0837. The molecule has 2 aromatic carbocycles. The van der Waals surface area contributed by atoms with Gasteiger partial charge in [0, 0.05) is 23.2 Å². The van der Waals surface area contributed by atoms with Crippen molar-refractivity contribution in [1.82, 2.24) is 10.6 Å². The first-order chi connectivity index (χ1) is 14.1. The topological polar surface area (TPSA) is 104 Å². The van der Waals surface area contributed by atoms with Crippen LogP contribution >= 0.6 is 0 Å². The summed E-state index contributed by atoms with van der Waals surface area (Å²) in [5.41, 5.74) is 1.88. The molecule has 0 spiro atoms.